The Labute approximate surface area is 148 Å². The molecule has 0 spiro atoms. The molecule has 0 saturated heterocycles. The van der Waals surface area contributed by atoms with E-state index >= 15 is 0 Å². The van der Waals surface area contributed by atoms with E-state index < -0.39 is 0 Å². The highest BCUT2D eigenvalue weighted by atomic mass is 127. The summed E-state index contributed by atoms with van der Waals surface area (Å²) in [4.78, 5) is 14.9. The van der Waals surface area contributed by atoms with Gasteiger partial charge in [-0.1, -0.05) is 25.0 Å². The Bertz CT molecular complexity index is 516. The molecule has 0 aromatic heterocycles. The van der Waals surface area contributed by atoms with Gasteiger partial charge in [-0.25, -0.2) is 4.99 Å². The quantitative estimate of drug-likeness (QED) is 0.253. The number of benzene rings is 1. The number of nitrogens with zero attached hydrogens (tertiary/aromatic N) is 2. The normalized spacial score (nSPS) is 15.2. The molecule has 1 saturated carbocycles. The lowest BCUT2D eigenvalue weighted by Crippen LogP contribution is -2.42. The van der Waals surface area contributed by atoms with Crippen LogP contribution < -0.4 is 10.6 Å². The number of aliphatic imine (C=N–C) groups is 1. The van der Waals surface area contributed by atoms with Crippen LogP contribution in [0, 0.1) is 10.1 Å². The number of nitrogens with one attached hydrogen (secondary N) is 2. The molecule has 2 N–H and O–H groups in total. The number of rotatable bonds is 5. The van der Waals surface area contributed by atoms with E-state index in [9.17, 15) is 10.1 Å². The second-order valence-electron chi connectivity index (χ2n) is 5.25. The van der Waals surface area contributed by atoms with Crippen molar-refractivity contribution in [2.75, 3.05) is 6.54 Å². The SMILES string of the molecule is CCNC(=NCc1cccc([N+](=O)[O-])c1)NC1CCCC1.I. The van der Waals surface area contributed by atoms with Gasteiger partial charge in [0.1, 0.15) is 0 Å². The molecule has 0 amide bonds. The van der Waals surface area contributed by atoms with Gasteiger partial charge in [0, 0.05) is 24.7 Å². The molecule has 122 valence electrons. The average Bonchev–Trinajstić information content (AvgIpc) is 2.98. The van der Waals surface area contributed by atoms with Crippen LogP contribution in [0.25, 0.3) is 0 Å². The minimum atomic E-state index is -0.380. The van der Waals surface area contributed by atoms with Gasteiger partial charge in [-0.05, 0) is 25.3 Å². The summed E-state index contributed by atoms with van der Waals surface area (Å²) < 4.78 is 0. The Balaban J connectivity index is 0.00000242. The van der Waals surface area contributed by atoms with E-state index in [1.165, 1.54) is 31.7 Å². The van der Waals surface area contributed by atoms with Crippen LogP contribution in [-0.2, 0) is 6.54 Å². The van der Waals surface area contributed by atoms with Crippen LogP contribution in [0.2, 0.25) is 0 Å². The number of halogens is 1. The van der Waals surface area contributed by atoms with Gasteiger partial charge in [0.05, 0.1) is 11.5 Å². The summed E-state index contributed by atoms with van der Waals surface area (Å²) in [6.07, 6.45) is 4.90. The number of hydrogen-bond donors (Lipinski definition) is 2. The third kappa shape index (κ3) is 5.78. The standard InChI is InChI=1S/C15H22N4O2.HI/c1-2-16-15(18-13-7-3-4-8-13)17-11-12-6-5-9-14(10-12)19(20)21;/h5-6,9-10,13H,2-4,7-8,11H2,1H3,(H2,16,17,18);1H. The number of guanidine groups is 1. The van der Waals surface area contributed by atoms with E-state index in [2.05, 4.69) is 15.6 Å². The van der Waals surface area contributed by atoms with Crippen LogP contribution >= 0.6 is 24.0 Å². The van der Waals surface area contributed by atoms with Crippen molar-refractivity contribution >= 4 is 35.6 Å². The maximum atomic E-state index is 10.8. The summed E-state index contributed by atoms with van der Waals surface area (Å²) in [5, 5.41) is 17.4. The van der Waals surface area contributed by atoms with Crippen molar-refractivity contribution < 1.29 is 4.92 Å². The average molecular weight is 418 g/mol. The first-order chi connectivity index (χ1) is 10.2. The number of hydrogen-bond acceptors (Lipinski definition) is 3. The molecule has 7 heteroatoms. The predicted octanol–water partition coefficient (Wildman–Crippen LogP) is 3.21. The number of nitro benzene ring substituents is 1. The molecule has 1 aliphatic rings. The Kier molecular flexibility index (Phi) is 8.15. The van der Waals surface area contributed by atoms with Crippen molar-refractivity contribution in [1.29, 1.82) is 0 Å². The lowest BCUT2D eigenvalue weighted by Gasteiger charge is -2.16. The monoisotopic (exact) mass is 418 g/mol. The predicted molar refractivity (Wildman–Crippen MR) is 98.7 cm³/mol. The van der Waals surface area contributed by atoms with E-state index in [-0.39, 0.29) is 34.6 Å². The maximum Gasteiger partial charge on any atom is 0.269 e. The molecule has 0 radical (unpaired) electrons. The van der Waals surface area contributed by atoms with Gasteiger partial charge in [0.15, 0.2) is 5.96 Å². The molecule has 0 aliphatic heterocycles. The van der Waals surface area contributed by atoms with E-state index in [0.29, 0.717) is 12.6 Å². The molecule has 1 fully saturated rings. The fraction of sp³-hybridized carbons (Fsp3) is 0.533. The van der Waals surface area contributed by atoms with E-state index in [0.717, 1.165) is 18.1 Å². The van der Waals surface area contributed by atoms with Crippen molar-refractivity contribution in [1.82, 2.24) is 10.6 Å². The summed E-state index contributed by atoms with van der Waals surface area (Å²) >= 11 is 0. The van der Waals surface area contributed by atoms with E-state index in [4.69, 9.17) is 0 Å². The van der Waals surface area contributed by atoms with Gasteiger partial charge in [-0.3, -0.25) is 10.1 Å². The van der Waals surface area contributed by atoms with Crippen LogP contribution in [0.1, 0.15) is 38.2 Å². The largest absolute Gasteiger partial charge is 0.357 e. The minimum Gasteiger partial charge on any atom is -0.357 e. The lowest BCUT2D eigenvalue weighted by atomic mass is 10.2. The van der Waals surface area contributed by atoms with Crippen molar-refractivity contribution in [2.24, 2.45) is 4.99 Å². The summed E-state index contributed by atoms with van der Waals surface area (Å²) in [7, 11) is 0. The molecule has 0 unspecified atom stereocenters. The van der Waals surface area contributed by atoms with E-state index in [1.54, 1.807) is 12.1 Å². The van der Waals surface area contributed by atoms with Gasteiger partial charge in [-0.2, -0.15) is 0 Å². The molecular weight excluding hydrogens is 395 g/mol. The zero-order valence-corrected chi connectivity index (χ0v) is 15.1. The van der Waals surface area contributed by atoms with Crippen molar-refractivity contribution in [2.45, 2.75) is 45.2 Å². The topological polar surface area (TPSA) is 79.6 Å². The Hall–Kier alpha value is -1.38. The highest BCUT2D eigenvalue weighted by Gasteiger charge is 2.15. The van der Waals surface area contributed by atoms with Crippen LogP contribution in [0.15, 0.2) is 29.3 Å². The fourth-order valence-electron chi connectivity index (χ4n) is 2.52. The van der Waals surface area contributed by atoms with Gasteiger partial charge in [-0.15, -0.1) is 24.0 Å². The lowest BCUT2D eigenvalue weighted by molar-refractivity contribution is -0.384. The van der Waals surface area contributed by atoms with E-state index in [1.807, 2.05) is 13.0 Å². The summed E-state index contributed by atoms with van der Waals surface area (Å²) in [5.74, 6) is 0.788. The first-order valence-electron chi connectivity index (χ1n) is 7.47. The van der Waals surface area contributed by atoms with Crippen LogP contribution in [0.5, 0.6) is 0 Å². The molecule has 2 rings (SSSR count). The second kappa shape index (κ2) is 9.60. The zero-order chi connectivity index (χ0) is 15.1. The van der Waals surface area contributed by atoms with Crippen LogP contribution in [0.4, 0.5) is 5.69 Å². The Morgan fingerprint density at radius 2 is 2.14 bits per heavy atom. The highest BCUT2D eigenvalue weighted by molar-refractivity contribution is 14.0. The number of non-ortho nitro benzene ring substituents is 1. The molecule has 22 heavy (non-hydrogen) atoms. The minimum absolute atomic E-state index is 0. The molecule has 0 heterocycles. The van der Waals surface area contributed by atoms with Gasteiger partial charge in [0.2, 0.25) is 0 Å². The molecule has 1 aliphatic carbocycles. The van der Waals surface area contributed by atoms with Gasteiger partial charge in [0.25, 0.3) is 5.69 Å². The Morgan fingerprint density at radius 1 is 1.41 bits per heavy atom. The Morgan fingerprint density at radius 3 is 2.77 bits per heavy atom. The van der Waals surface area contributed by atoms with Crippen molar-refractivity contribution in [3.63, 3.8) is 0 Å². The summed E-state index contributed by atoms with van der Waals surface area (Å²) in [6, 6.07) is 7.11. The fourth-order valence-corrected chi connectivity index (χ4v) is 2.52. The molecular formula is C15H23IN4O2. The van der Waals surface area contributed by atoms with Crippen molar-refractivity contribution in [3.05, 3.63) is 39.9 Å². The first kappa shape index (κ1) is 18.7. The molecule has 0 bridgehead atoms. The second-order valence-corrected chi connectivity index (χ2v) is 5.25. The molecule has 0 atom stereocenters. The third-order valence-electron chi connectivity index (χ3n) is 3.58. The maximum absolute atomic E-state index is 10.8. The summed E-state index contributed by atoms with van der Waals surface area (Å²) in [6.45, 7) is 3.26. The highest BCUT2D eigenvalue weighted by Crippen LogP contribution is 2.17. The molecule has 1 aromatic carbocycles. The number of nitro groups is 1. The van der Waals surface area contributed by atoms with Crippen LogP contribution in [-0.4, -0.2) is 23.5 Å². The van der Waals surface area contributed by atoms with Crippen molar-refractivity contribution in [3.8, 4) is 0 Å². The van der Waals surface area contributed by atoms with Gasteiger partial charge >= 0.3 is 0 Å². The smallest absolute Gasteiger partial charge is 0.269 e. The third-order valence-corrected chi connectivity index (χ3v) is 3.58. The molecule has 1 aromatic rings. The van der Waals surface area contributed by atoms with Gasteiger partial charge < -0.3 is 10.6 Å². The molecule has 6 nitrogen and oxygen atoms in total. The zero-order valence-electron chi connectivity index (χ0n) is 12.7. The summed E-state index contributed by atoms with van der Waals surface area (Å²) in [5.41, 5.74) is 0.948. The first-order valence-corrected chi connectivity index (χ1v) is 7.47. The van der Waals surface area contributed by atoms with Crippen LogP contribution in [0.3, 0.4) is 0 Å².